The standard InChI is InChI=1S/C35H41N7O2/c1-3-32(43)42-21-20-41(22-26(42)13-17-36)33-28-14-19-40(30-11-6-9-25-8-4-5-10-27(25)30)23-29(28)37-34(38-33)44-24-35(15-16-35)31-12-7-18-39(31)2/h3-6,8-11,26,31H,1,7,12-16,18-24H2,2H3/t26-,31-/m0/s1. The van der Waals surface area contributed by atoms with E-state index in [1.165, 1.54) is 48.2 Å². The lowest BCUT2D eigenvalue weighted by molar-refractivity contribution is -0.128. The molecule has 1 amide bonds. The maximum absolute atomic E-state index is 12.6. The Morgan fingerprint density at radius 1 is 1.11 bits per heavy atom. The Labute approximate surface area is 259 Å². The van der Waals surface area contributed by atoms with Crippen molar-refractivity contribution in [2.24, 2.45) is 5.41 Å². The van der Waals surface area contributed by atoms with Gasteiger partial charge in [0.1, 0.15) is 5.82 Å². The van der Waals surface area contributed by atoms with Crippen LogP contribution in [0.4, 0.5) is 11.5 Å². The number of hydrogen-bond donors (Lipinski definition) is 0. The molecule has 3 aliphatic heterocycles. The van der Waals surface area contributed by atoms with Crippen LogP contribution in [0.1, 0.15) is 43.4 Å². The van der Waals surface area contributed by atoms with Gasteiger partial charge in [-0.2, -0.15) is 15.2 Å². The number of likely N-dealkylation sites (tertiary alicyclic amines) is 1. The molecule has 2 atom stereocenters. The van der Waals surface area contributed by atoms with E-state index >= 15 is 0 Å². The minimum Gasteiger partial charge on any atom is -0.463 e. The number of benzene rings is 2. The van der Waals surface area contributed by atoms with Crippen molar-refractivity contribution in [1.29, 1.82) is 5.26 Å². The summed E-state index contributed by atoms with van der Waals surface area (Å²) in [6.45, 7) is 8.67. The van der Waals surface area contributed by atoms with E-state index in [2.05, 4.69) is 76.9 Å². The summed E-state index contributed by atoms with van der Waals surface area (Å²) in [6, 6.07) is 18.1. The number of ether oxygens (including phenoxy) is 1. The van der Waals surface area contributed by atoms with Crippen LogP contribution in [-0.2, 0) is 17.8 Å². The summed E-state index contributed by atoms with van der Waals surface area (Å²) in [5.74, 6) is 0.759. The molecule has 7 rings (SSSR count). The van der Waals surface area contributed by atoms with E-state index in [1.54, 1.807) is 4.90 Å². The van der Waals surface area contributed by atoms with E-state index in [0.29, 0.717) is 44.8 Å². The third-order valence-electron chi connectivity index (χ3n) is 10.3. The van der Waals surface area contributed by atoms with E-state index in [4.69, 9.17) is 14.7 Å². The van der Waals surface area contributed by atoms with Crippen molar-refractivity contribution in [3.05, 3.63) is 66.4 Å². The van der Waals surface area contributed by atoms with Gasteiger partial charge in [-0.15, -0.1) is 0 Å². The fourth-order valence-electron chi connectivity index (χ4n) is 7.77. The van der Waals surface area contributed by atoms with Gasteiger partial charge in [-0.25, -0.2) is 0 Å². The fraction of sp³-hybridized carbons (Fsp3) is 0.486. The van der Waals surface area contributed by atoms with E-state index in [0.717, 1.165) is 36.6 Å². The molecule has 3 aromatic rings. The highest BCUT2D eigenvalue weighted by Crippen LogP contribution is 2.53. The lowest BCUT2D eigenvalue weighted by Crippen LogP contribution is -2.55. The average Bonchev–Trinajstić information content (AvgIpc) is 3.72. The molecular weight excluding hydrogens is 550 g/mol. The van der Waals surface area contributed by atoms with Crippen molar-refractivity contribution >= 4 is 28.2 Å². The maximum atomic E-state index is 12.6. The minimum absolute atomic E-state index is 0.129. The Hall–Kier alpha value is -4.16. The van der Waals surface area contributed by atoms with E-state index in [9.17, 15) is 10.1 Å². The second-order valence-electron chi connectivity index (χ2n) is 12.9. The molecular formula is C35H41N7O2. The minimum atomic E-state index is -0.224. The molecule has 4 heterocycles. The summed E-state index contributed by atoms with van der Waals surface area (Å²) < 4.78 is 6.53. The number of nitriles is 1. The highest BCUT2D eigenvalue weighted by atomic mass is 16.5. The van der Waals surface area contributed by atoms with Gasteiger partial charge in [0.25, 0.3) is 0 Å². The molecule has 0 unspecified atom stereocenters. The highest BCUT2D eigenvalue weighted by molar-refractivity contribution is 5.94. The number of fused-ring (bicyclic) bond motifs is 2. The molecule has 0 N–H and O–H groups in total. The van der Waals surface area contributed by atoms with Crippen LogP contribution in [-0.4, -0.2) is 84.1 Å². The van der Waals surface area contributed by atoms with Crippen LogP contribution in [0.5, 0.6) is 6.01 Å². The smallest absolute Gasteiger partial charge is 0.318 e. The van der Waals surface area contributed by atoms with Crippen LogP contribution >= 0.6 is 0 Å². The topological polar surface area (TPSA) is 88.8 Å². The normalized spacial score (nSPS) is 22.9. The van der Waals surface area contributed by atoms with Crippen molar-refractivity contribution in [2.45, 2.75) is 57.2 Å². The average molecular weight is 592 g/mol. The van der Waals surface area contributed by atoms with Crippen molar-refractivity contribution < 1.29 is 9.53 Å². The number of aromatic nitrogens is 2. The number of amides is 1. The zero-order valence-electron chi connectivity index (χ0n) is 25.6. The summed E-state index contributed by atoms with van der Waals surface area (Å²) >= 11 is 0. The molecule has 1 aromatic heterocycles. The SMILES string of the molecule is C=CC(=O)N1CCN(c2nc(OCC3([C@@H]4CCCN4C)CC3)nc3c2CCN(c2cccc4ccccc24)C3)C[C@@H]1CC#N. The van der Waals surface area contributed by atoms with Gasteiger partial charge in [-0.05, 0) is 63.2 Å². The summed E-state index contributed by atoms with van der Waals surface area (Å²) in [5.41, 5.74) is 3.54. The third-order valence-corrected chi connectivity index (χ3v) is 10.3. The second-order valence-corrected chi connectivity index (χ2v) is 12.9. The first-order chi connectivity index (χ1) is 21.5. The van der Waals surface area contributed by atoms with Crippen LogP contribution in [0.3, 0.4) is 0 Å². The molecule has 1 aliphatic carbocycles. The van der Waals surface area contributed by atoms with Crippen LogP contribution in [0.25, 0.3) is 10.8 Å². The van der Waals surface area contributed by atoms with Gasteiger partial charge in [-0.1, -0.05) is 43.0 Å². The number of anilines is 2. The van der Waals surface area contributed by atoms with Gasteiger partial charge in [0.05, 0.1) is 37.4 Å². The molecule has 9 nitrogen and oxygen atoms in total. The predicted octanol–water partition coefficient (Wildman–Crippen LogP) is 4.56. The largest absolute Gasteiger partial charge is 0.463 e. The van der Waals surface area contributed by atoms with Crippen molar-refractivity contribution in [2.75, 3.05) is 56.2 Å². The Bertz CT molecular complexity index is 1610. The fourth-order valence-corrected chi connectivity index (χ4v) is 7.77. The number of carbonyl (C=O) groups excluding carboxylic acids is 1. The summed E-state index contributed by atoms with van der Waals surface area (Å²) in [5, 5.41) is 12.0. The van der Waals surface area contributed by atoms with Gasteiger partial charge >= 0.3 is 6.01 Å². The zero-order chi connectivity index (χ0) is 30.3. The Morgan fingerprint density at radius 2 is 1.95 bits per heavy atom. The first-order valence-corrected chi connectivity index (χ1v) is 16.0. The van der Waals surface area contributed by atoms with Crippen molar-refractivity contribution in [1.82, 2.24) is 19.8 Å². The monoisotopic (exact) mass is 591 g/mol. The molecule has 4 aliphatic rings. The lowest BCUT2D eigenvalue weighted by atomic mass is 9.95. The molecule has 44 heavy (non-hydrogen) atoms. The quantitative estimate of drug-likeness (QED) is 0.353. The molecule has 0 radical (unpaired) electrons. The summed E-state index contributed by atoms with van der Waals surface area (Å²) in [7, 11) is 2.24. The molecule has 9 heteroatoms. The molecule has 3 fully saturated rings. The summed E-state index contributed by atoms with van der Waals surface area (Å²) in [4.78, 5) is 31.7. The lowest BCUT2D eigenvalue weighted by Gasteiger charge is -2.42. The van der Waals surface area contributed by atoms with Crippen molar-refractivity contribution in [3.8, 4) is 12.1 Å². The van der Waals surface area contributed by atoms with E-state index in [-0.39, 0.29) is 23.8 Å². The van der Waals surface area contributed by atoms with Gasteiger partial charge in [0.15, 0.2) is 0 Å². The number of carbonyl (C=O) groups is 1. The van der Waals surface area contributed by atoms with Crippen LogP contribution in [0.15, 0.2) is 55.1 Å². The molecule has 2 aromatic carbocycles. The Kier molecular flexibility index (Phi) is 7.63. The second kappa shape index (κ2) is 11.7. The number of rotatable bonds is 8. The van der Waals surface area contributed by atoms with Crippen LogP contribution in [0.2, 0.25) is 0 Å². The Balaban J connectivity index is 1.21. The number of piperazine rings is 1. The van der Waals surface area contributed by atoms with Gasteiger partial charge < -0.3 is 24.3 Å². The molecule has 228 valence electrons. The molecule has 2 saturated heterocycles. The maximum Gasteiger partial charge on any atom is 0.318 e. The van der Waals surface area contributed by atoms with E-state index < -0.39 is 0 Å². The zero-order valence-corrected chi connectivity index (χ0v) is 25.6. The number of hydrogen-bond acceptors (Lipinski definition) is 8. The number of nitrogens with zero attached hydrogens (tertiary/aromatic N) is 7. The third kappa shape index (κ3) is 5.26. The van der Waals surface area contributed by atoms with Crippen LogP contribution in [0, 0.1) is 16.7 Å². The van der Waals surface area contributed by atoms with E-state index in [1.807, 2.05) is 0 Å². The first-order valence-electron chi connectivity index (χ1n) is 16.0. The predicted molar refractivity (Wildman–Crippen MR) is 172 cm³/mol. The molecule has 0 spiro atoms. The molecule has 1 saturated carbocycles. The summed E-state index contributed by atoms with van der Waals surface area (Å²) in [6.07, 6.45) is 7.25. The highest BCUT2D eigenvalue weighted by Gasteiger charge is 2.52. The Morgan fingerprint density at radius 3 is 2.73 bits per heavy atom. The van der Waals surface area contributed by atoms with Gasteiger partial charge in [0, 0.05) is 54.3 Å². The van der Waals surface area contributed by atoms with Crippen LogP contribution < -0.4 is 14.5 Å². The molecule has 0 bridgehead atoms. The van der Waals surface area contributed by atoms with Gasteiger partial charge in [0.2, 0.25) is 5.91 Å². The van der Waals surface area contributed by atoms with Crippen molar-refractivity contribution in [3.63, 3.8) is 0 Å². The first kappa shape index (κ1) is 28.6. The van der Waals surface area contributed by atoms with Gasteiger partial charge in [-0.3, -0.25) is 4.79 Å².